The van der Waals surface area contributed by atoms with E-state index in [0.29, 0.717) is 0 Å². The monoisotopic (exact) mass is 334 g/mol. The lowest BCUT2D eigenvalue weighted by Crippen LogP contribution is -2.31. The Labute approximate surface area is 147 Å². The van der Waals surface area contributed by atoms with Crippen LogP contribution in [0.25, 0.3) is 11.4 Å². The maximum absolute atomic E-state index is 4.77. The molecule has 0 saturated carbocycles. The van der Waals surface area contributed by atoms with E-state index in [1.54, 1.807) is 6.20 Å². The molecule has 4 rings (SSSR count). The van der Waals surface area contributed by atoms with E-state index in [9.17, 15) is 0 Å². The first-order valence-corrected chi connectivity index (χ1v) is 8.73. The molecule has 3 aromatic heterocycles. The maximum atomic E-state index is 4.77. The second-order valence-corrected chi connectivity index (χ2v) is 6.44. The average molecular weight is 334 g/mol. The number of nitrogens with zero attached hydrogens (tertiary/aromatic N) is 6. The number of pyridine rings is 1. The van der Waals surface area contributed by atoms with E-state index < -0.39 is 0 Å². The number of fused-ring (bicyclic) bond motifs is 1. The topological polar surface area (TPSA) is 59.7 Å². The molecule has 0 bridgehead atoms. The number of rotatable bonds is 4. The van der Waals surface area contributed by atoms with Gasteiger partial charge in [0.05, 0.1) is 11.9 Å². The van der Waals surface area contributed by atoms with Crippen LogP contribution < -0.4 is 0 Å². The normalized spacial score (nSPS) is 14.5. The second-order valence-electron chi connectivity index (χ2n) is 6.44. The molecule has 6 heteroatoms. The predicted octanol–water partition coefficient (Wildman–Crippen LogP) is 2.62. The third-order valence-corrected chi connectivity index (χ3v) is 4.83. The summed E-state index contributed by atoms with van der Waals surface area (Å²) >= 11 is 0. The van der Waals surface area contributed by atoms with E-state index in [1.165, 1.54) is 16.8 Å². The summed E-state index contributed by atoms with van der Waals surface area (Å²) in [5.74, 6) is 0.764. The van der Waals surface area contributed by atoms with Gasteiger partial charge in [0, 0.05) is 73.6 Å². The molecule has 0 atom stereocenters. The standard InChI is InChI=1S/C19H22N6/c1-3-25-14(2)16(11-22-25)12-24-8-6-18-17(13-24)10-21-19(23-18)15-5-4-7-20-9-15/h4-5,7,9-11H,3,6,8,12-13H2,1-2H3. The number of hydrogen-bond acceptors (Lipinski definition) is 5. The minimum Gasteiger partial charge on any atom is -0.294 e. The largest absolute Gasteiger partial charge is 0.294 e. The zero-order valence-corrected chi connectivity index (χ0v) is 14.7. The van der Waals surface area contributed by atoms with Crippen molar-refractivity contribution in [3.8, 4) is 11.4 Å². The third-order valence-electron chi connectivity index (χ3n) is 4.83. The summed E-state index contributed by atoms with van der Waals surface area (Å²) in [5, 5.41) is 4.45. The Morgan fingerprint density at radius 1 is 1.20 bits per heavy atom. The molecule has 0 N–H and O–H groups in total. The van der Waals surface area contributed by atoms with Crippen molar-refractivity contribution in [3.05, 3.63) is 59.4 Å². The van der Waals surface area contributed by atoms with Crippen molar-refractivity contribution >= 4 is 0 Å². The molecule has 1 aliphatic heterocycles. The first-order valence-electron chi connectivity index (χ1n) is 8.73. The van der Waals surface area contributed by atoms with Crippen molar-refractivity contribution in [2.75, 3.05) is 6.54 Å². The Balaban J connectivity index is 1.51. The Morgan fingerprint density at radius 3 is 2.88 bits per heavy atom. The molecule has 3 aromatic rings. The SMILES string of the molecule is CCn1ncc(CN2CCc3nc(-c4cccnc4)ncc3C2)c1C. The minimum atomic E-state index is 0.764. The van der Waals surface area contributed by atoms with Gasteiger partial charge in [-0.2, -0.15) is 5.10 Å². The zero-order chi connectivity index (χ0) is 17.2. The summed E-state index contributed by atoms with van der Waals surface area (Å²) in [6.07, 6.45) is 8.50. The quantitative estimate of drug-likeness (QED) is 0.734. The average Bonchev–Trinajstić information content (AvgIpc) is 3.01. The van der Waals surface area contributed by atoms with Crippen LogP contribution >= 0.6 is 0 Å². The van der Waals surface area contributed by atoms with Gasteiger partial charge in [-0.3, -0.25) is 14.6 Å². The lowest BCUT2D eigenvalue weighted by molar-refractivity contribution is 0.242. The molecule has 0 spiro atoms. The Hall–Kier alpha value is -2.60. The highest BCUT2D eigenvalue weighted by molar-refractivity contribution is 5.53. The summed E-state index contributed by atoms with van der Waals surface area (Å²) in [7, 11) is 0. The molecule has 128 valence electrons. The van der Waals surface area contributed by atoms with Gasteiger partial charge in [0.15, 0.2) is 5.82 Å². The second kappa shape index (κ2) is 6.72. The van der Waals surface area contributed by atoms with Gasteiger partial charge < -0.3 is 0 Å². The number of aryl methyl sites for hydroxylation is 1. The molecule has 25 heavy (non-hydrogen) atoms. The van der Waals surface area contributed by atoms with Crippen LogP contribution in [0.15, 0.2) is 36.9 Å². The smallest absolute Gasteiger partial charge is 0.160 e. The van der Waals surface area contributed by atoms with E-state index in [-0.39, 0.29) is 0 Å². The molecule has 0 unspecified atom stereocenters. The lowest BCUT2D eigenvalue weighted by atomic mass is 10.1. The molecule has 0 aromatic carbocycles. The molecule has 0 saturated heterocycles. The van der Waals surface area contributed by atoms with Crippen LogP contribution in [0, 0.1) is 6.92 Å². The lowest BCUT2D eigenvalue weighted by Gasteiger charge is -2.27. The first kappa shape index (κ1) is 15.9. The summed E-state index contributed by atoms with van der Waals surface area (Å²) in [6, 6.07) is 3.91. The highest BCUT2D eigenvalue weighted by Gasteiger charge is 2.20. The van der Waals surface area contributed by atoms with Crippen molar-refractivity contribution in [1.82, 2.24) is 29.6 Å². The summed E-state index contributed by atoms with van der Waals surface area (Å²) in [6.45, 7) is 8.01. The predicted molar refractivity (Wildman–Crippen MR) is 95.7 cm³/mol. The van der Waals surface area contributed by atoms with E-state index in [0.717, 1.165) is 49.7 Å². The third kappa shape index (κ3) is 3.17. The molecule has 0 radical (unpaired) electrons. The molecule has 6 nitrogen and oxygen atoms in total. The van der Waals surface area contributed by atoms with Crippen LogP contribution in [0.5, 0.6) is 0 Å². The van der Waals surface area contributed by atoms with Crippen molar-refractivity contribution in [2.45, 2.75) is 39.9 Å². The minimum absolute atomic E-state index is 0.764. The van der Waals surface area contributed by atoms with E-state index in [1.807, 2.05) is 30.7 Å². The fourth-order valence-corrected chi connectivity index (χ4v) is 3.34. The van der Waals surface area contributed by atoms with Crippen LogP contribution in [0.2, 0.25) is 0 Å². The Kier molecular flexibility index (Phi) is 4.28. The van der Waals surface area contributed by atoms with E-state index >= 15 is 0 Å². The van der Waals surface area contributed by atoms with Gasteiger partial charge >= 0.3 is 0 Å². The molecule has 1 aliphatic rings. The van der Waals surface area contributed by atoms with E-state index in [4.69, 9.17) is 4.98 Å². The van der Waals surface area contributed by atoms with Crippen LogP contribution in [0.3, 0.4) is 0 Å². The zero-order valence-electron chi connectivity index (χ0n) is 14.7. The molecule has 0 aliphatic carbocycles. The van der Waals surface area contributed by atoms with Crippen LogP contribution in [0.1, 0.15) is 29.4 Å². The number of hydrogen-bond donors (Lipinski definition) is 0. The van der Waals surface area contributed by atoms with Crippen LogP contribution in [0.4, 0.5) is 0 Å². The van der Waals surface area contributed by atoms with Gasteiger partial charge in [-0.05, 0) is 26.0 Å². The summed E-state index contributed by atoms with van der Waals surface area (Å²) < 4.78 is 2.05. The fraction of sp³-hybridized carbons (Fsp3) is 0.368. The van der Waals surface area contributed by atoms with Crippen molar-refractivity contribution in [1.29, 1.82) is 0 Å². The van der Waals surface area contributed by atoms with Gasteiger partial charge in [-0.15, -0.1) is 0 Å². The maximum Gasteiger partial charge on any atom is 0.160 e. The van der Waals surface area contributed by atoms with Crippen molar-refractivity contribution in [2.24, 2.45) is 0 Å². The Morgan fingerprint density at radius 2 is 2.12 bits per heavy atom. The summed E-state index contributed by atoms with van der Waals surface area (Å²) in [4.78, 5) is 15.9. The highest BCUT2D eigenvalue weighted by Crippen LogP contribution is 2.22. The van der Waals surface area contributed by atoms with Gasteiger partial charge in [0.2, 0.25) is 0 Å². The van der Waals surface area contributed by atoms with Gasteiger partial charge in [0.1, 0.15) is 0 Å². The Bertz CT molecular complexity index is 871. The van der Waals surface area contributed by atoms with Crippen LogP contribution in [-0.2, 0) is 26.1 Å². The van der Waals surface area contributed by atoms with Crippen LogP contribution in [-0.4, -0.2) is 36.2 Å². The molecular formula is C19H22N6. The highest BCUT2D eigenvalue weighted by atomic mass is 15.3. The van der Waals surface area contributed by atoms with Gasteiger partial charge in [-0.1, -0.05) is 0 Å². The van der Waals surface area contributed by atoms with Crippen molar-refractivity contribution in [3.63, 3.8) is 0 Å². The summed E-state index contributed by atoms with van der Waals surface area (Å²) in [5.41, 5.74) is 5.91. The van der Waals surface area contributed by atoms with Crippen molar-refractivity contribution < 1.29 is 0 Å². The van der Waals surface area contributed by atoms with Gasteiger partial charge in [0.25, 0.3) is 0 Å². The first-order chi connectivity index (χ1) is 12.2. The molecule has 0 fully saturated rings. The fourth-order valence-electron chi connectivity index (χ4n) is 3.34. The molecule has 0 amide bonds. The molecule has 4 heterocycles. The van der Waals surface area contributed by atoms with Gasteiger partial charge in [-0.25, -0.2) is 9.97 Å². The number of aromatic nitrogens is 5. The molecular weight excluding hydrogens is 312 g/mol. The van der Waals surface area contributed by atoms with E-state index in [2.05, 4.69) is 38.5 Å².